The van der Waals surface area contributed by atoms with Crippen LogP contribution < -0.4 is 5.32 Å². The summed E-state index contributed by atoms with van der Waals surface area (Å²) in [6.07, 6.45) is 0.569. The first kappa shape index (κ1) is 11.8. The van der Waals surface area contributed by atoms with Gasteiger partial charge in [0, 0.05) is 13.0 Å². The Kier molecular flexibility index (Phi) is 3.89. The number of benzene rings is 1. The molecule has 0 saturated heterocycles. The molecule has 1 aromatic carbocycles. The summed E-state index contributed by atoms with van der Waals surface area (Å²) >= 11 is 0. The molecule has 1 amide bonds. The first-order valence-electron chi connectivity index (χ1n) is 5.28. The lowest BCUT2D eigenvalue weighted by Gasteiger charge is -2.17. The highest BCUT2D eigenvalue weighted by atomic mass is 16.1. The summed E-state index contributed by atoms with van der Waals surface area (Å²) in [5, 5.41) is 2.92. The Balaban J connectivity index is 2.35. The average Bonchev–Trinajstić information content (AvgIpc) is 2.14. The molecule has 1 N–H and O–H groups in total. The van der Waals surface area contributed by atoms with E-state index in [0.29, 0.717) is 13.0 Å². The highest BCUT2D eigenvalue weighted by Gasteiger charge is 2.15. The summed E-state index contributed by atoms with van der Waals surface area (Å²) in [5.41, 5.74) is 1.19. The van der Waals surface area contributed by atoms with Gasteiger partial charge in [-0.2, -0.15) is 0 Å². The van der Waals surface area contributed by atoms with Gasteiger partial charge in [0.25, 0.3) is 0 Å². The van der Waals surface area contributed by atoms with E-state index in [1.807, 2.05) is 30.3 Å². The molecule has 0 aliphatic rings. The molecule has 0 spiro atoms. The van der Waals surface area contributed by atoms with Crippen LogP contribution >= 0.6 is 0 Å². The Hall–Kier alpha value is -1.31. The molecule has 0 bridgehead atoms. The van der Waals surface area contributed by atoms with E-state index in [1.165, 1.54) is 0 Å². The molecule has 0 saturated carbocycles. The van der Waals surface area contributed by atoms with E-state index in [1.54, 1.807) is 0 Å². The molecule has 0 unspecified atom stereocenters. The van der Waals surface area contributed by atoms with E-state index in [2.05, 4.69) is 26.1 Å². The van der Waals surface area contributed by atoms with Crippen molar-refractivity contribution in [1.82, 2.24) is 5.32 Å². The topological polar surface area (TPSA) is 29.1 Å². The second-order valence-electron chi connectivity index (χ2n) is 5.00. The largest absolute Gasteiger partial charge is 0.352 e. The molecule has 0 fully saturated rings. The third-order valence-electron chi connectivity index (χ3n) is 2.02. The standard InChI is InChI=1S/C13H19NO/c1-13(2,3)9-12(15)14-10-11-7-5-4-6-8-11/h4-8H,9-10H2,1-3H3,(H,14,15). The van der Waals surface area contributed by atoms with Crippen LogP contribution in [0, 0.1) is 5.41 Å². The molecule has 2 nitrogen and oxygen atoms in total. The van der Waals surface area contributed by atoms with Crippen molar-refractivity contribution in [2.24, 2.45) is 5.41 Å². The summed E-state index contributed by atoms with van der Waals surface area (Å²) in [6.45, 7) is 6.81. The van der Waals surface area contributed by atoms with E-state index in [9.17, 15) is 4.79 Å². The first-order valence-corrected chi connectivity index (χ1v) is 5.28. The van der Waals surface area contributed by atoms with Crippen LogP contribution in [0.2, 0.25) is 0 Å². The summed E-state index contributed by atoms with van der Waals surface area (Å²) in [5.74, 6) is 0.117. The zero-order valence-corrected chi connectivity index (χ0v) is 9.71. The summed E-state index contributed by atoms with van der Waals surface area (Å²) < 4.78 is 0. The second-order valence-corrected chi connectivity index (χ2v) is 5.00. The maximum absolute atomic E-state index is 11.5. The third-order valence-corrected chi connectivity index (χ3v) is 2.02. The molecule has 15 heavy (non-hydrogen) atoms. The zero-order chi connectivity index (χ0) is 11.3. The minimum Gasteiger partial charge on any atom is -0.352 e. The molecule has 0 aliphatic heterocycles. The fourth-order valence-electron chi connectivity index (χ4n) is 1.34. The summed E-state index contributed by atoms with van der Waals surface area (Å²) in [6, 6.07) is 9.95. The van der Waals surface area contributed by atoms with Crippen molar-refractivity contribution in [2.75, 3.05) is 0 Å². The van der Waals surface area contributed by atoms with Crippen molar-refractivity contribution in [3.05, 3.63) is 35.9 Å². The van der Waals surface area contributed by atoms with Crippen LogP contribution in [0.5, 0.6) is 0 Å². The highest BCUT2D eigenvalue weighted by Crippen LogP contribution is 2.17. The average molecular weight is 205 g/mol. The lowest BCUT2D eigenvalue weighted by atomic mass is 9.92. The van der Waals surface area contributed by atoms with Crippen LogP contribution in [0.4, 0.5) is 0 Å². The van der Waals surface area contributed by atoms with E-state index in [0.717, 1.165) is 5.56 Å². The monoisotopic (exact) mass is 205 g/mol. The Labute approximate surface area is 91.7 Å². The van der Waals surface area contributed by atoms with E-state index < -0.39 is 0 Å². The van der Waals surface area contributed by atoms with Gasteiger partial charge in [0.2, 0.25) is 5.91 Å². The van der Waals surface area contributed by atoms with E-state index >= 15 is 0 Å². The Morgan fingerprint density at radius 2 is 1.80 bits per heavy atom. The number of amides is 1. The smallest absolute Gasteiger partial charge is 0.220 e. The van der Waals surface area contributed by atoms with Gasteiger partial charge in [-0.1, -0.05) is 51.1 Å². The number of carbonyl (C=O) groups excluding carboxylic acids is 1. The number of carbonyl (C=O) groups is 1. The second kappa shape index (κ2) is 4.96. The Bertz CT molecular complexity index is 311. The fraction of sp³-hybridized carbons (Fsp3) is 0.462. The predicted molar refractivity (Wildman–Crippen MR) is 62.4 cm³/mol. The normalized spacial score (nSPS) is 11.1. The molecule has 0 atom stereocenters. The maximum atomic E-state index is 11.5. The number of nitrogens with one attached hydrogen (secondary N) is 1. The predicted octanol–water partition coefficient (Wildman–Crippen LogP) is 2.74. The van der Waals surface area contributed by atoms with Crippen LogP contribution in [0.1, 0.15) is 32.8 Å². The maximum Gasteiger partial charge on any atom is 0.220 e. The molecule has 0 aliphatic carbocycles. The minimum atomic E-state index is 0.0563. The fourth-order valence-corrected chi connectivity index (χ4v) is 1.34. The Morgan fingerprint density at radius 3 is 2.33 bits per heavy atom. The van der Waals surface area contributed by atoms with E-state index in [-0.39, 0.29) is 11.3 Å². The molecule has 0 heterocycles. The van der Waals surface area contributed by atoms with Gasteiger partial charge < -0.3 is 5.32 Å². The summed E-state index contributed by atoms with van der Waals surface area (Å²) in [4.78, 5) is 11.5. The number of rotatable bonds is 3. The van der Waals surface area contributed by atoms with E-state index in [4.69, 9.17) is 0 Å². The van der Waals surface area contributed by atoms with Crippen molar-refractivity contribution in [3.63, 3.8) is 0 Å². The van der Waals surface area contributed by atoms with Gasteiger partial charge >= 0.3 is 0 Å². The van der Waals surface area contributed by atoms with Crippen LogP contribution in [0.25, 0.3) is 0 Å². The van der Waals surface area contributed by atoms with Gasteiger partial charge in [0.1, 0.15) is 0 Å². The van der Waals surface area contributed by atoms with Gasteiger partial charge in [-0.05, 0) is 11.0 Å². The minimum absolute atomic E-state index is 0.0563. The van der Waals surface area contributed by atoms with Crippen molar-refractivity contribution in [1.29, 1.82) is 0 Å². The summed E-state index contributed by atoms with van der Waals surface area (Å²) in [7, 11) is 0. The van der Waals surface area contributed by atoms with Gasteiger partial charge in [-0.25, -0.2) is 0 Å². The third kappa shape index (κ3) is 5.21. The van der Waals surface area contributed by atoms with Crippen molar-refractivity contribution in [3.8, 4) is 0 Å². The molecule has 1 rings (SSSR count). The molecule has 2 heteroatoms. The van der Waals surface area contributed by atoms with Gasteiger partial charge in [0.15, 0.2) is 0 Å². The van der Waals surface area contributed by atoms with Crippen LogP contribution in [0.3, 0.4) is 0 Å². The number of hydrogen-bond donors (Lipinski definition) is 1. The lowest BCUT2D eigenvalue weighted by Crippen LogP contribution is -2.27. The lowest BCUT2D eigenvalue weighted by molar-refractivity contribution is -0.122. The highest BCUT2D eigenvalue weighted by molar-refractivity contribution is 5.76. The SMILES string of the molecule is CC(C)(C)CC(=O)NCc1ccccc1. The van der Waals surface area contributed by atoms with Gasteiger partial charge in [-0.3, -0.25) is 4.79 Å². The van der Waals surface area contributed by atoms with Crippen LogP contribution in [-0.4, -0.2) is 5.91 Å². The van der Waals surface area contributed by atoms with Gasteiger partial charge in [0.05, 0.1) is 0 Å². The van der Waals surface area contributed by atoms with Crippen molar-refractivity contribution >= 4 is 5.91 Å². The molecule has 1 aromatic rings. The molecule has 82 valence electrons. The van der Waals surface area contributed by atoms with Crippen molar-refractivity contribution in [2.45, 2.75) is 33.7 Å². The quantitative estimate of drug-likeness (QED) is 0.807. The molecule has 0 aromatic heterocycles. The van der Waals surface area contributed by atoms with Crippen molar-refractivity contribution < 1.29 is 4.79 Å². The van der Waals surface area contributed by atoms with Gasteiger partial charge in [-0.15, -0.1) is 0 Å². The molecular weight excluding hydrogens is 186 g/mol. The first-order chi connectivity index (χ1) is 6.97. The van der Waals surface area contributed by atoms with Crippen LogP contribution in [0.15, 0.2) is 30.3 Å². The Morgan fingerprint density at radius 1 is 1.20 bits per heavy atom. The van der Waals surface area contributed by atoms with Crippen LogP contribution in [-0.2, 0) is 11.3 Å². The zero-order valence-electron chi connectivity index (χ0n) is 9.71. The number of hydrogen-bond acceptors (Lipinski definition) is 1. The molecule has 0 radical (unpaired) electrons. The molecular formula is C13H19NO.